The fourth-order valence-electron chi connectivity index (χ4n) is 5.11. The predicted octanol–water partition coefficient (Wildman–Crippen LogP) is 5.41. The van der Waals surface area contributed by atoms with Crippen LogP contribution in [0.5, 0.6) is 0 Å². The Balaban J connectivity index is 1.33. The number of nitrogens with zero attached hydrogens (tertiary/aromatic N) is 8. The van der Waals surface area contributed by atoms with Gasteiger partial charge in [-0.15, -0.1) is 0 Å². The van der Waals surface area contributed by atoms with Gasteiger partial charge in [-0.25, -0.2) is 24.4 Å². The predicted molar refractivity (Wildman–Crippen MR) is 154 cm³/mol. The number of alkyl halides is 8. The molecule has 0 saturated heterocycles. The van der Waals surface area contributed by atoms with Crippen LogP contribution >= 0.6 is 0 Å². The summed E-state index contributed by atoms with van der Waals surface area (Å²) in [6, 6.07) is 1.75. The first-order valence-electron chi connectivity index (χ1n) is 14.3. The molecule has 1 fully saturated rings. The minimum atomic E-state index is -4.91. The summed E-state index contributed by atoms with van der Waals surface area (Å²) in [6.45, 7) is -4.68. The third kappa shape index (κ3) is 8.03. The minimum absolute atomic E-state index is 0.0439. The normalized spacial score (nSPS) is 17.0. The van der Waals surface area contributed by atoms with E-state index in [9.17, 15) is 44.7 Å². The Hall–Kier alpha value is -5.17. The molecular weight excluding hydrogens is 660 g/mol. The van der Waals surface area contributed by atoms with E-state index in [2.05, 4.69) is 30.4 Å². The number of aromatic nitrogens is 7. The highest BCUT2D eigenvalue weighted by Gasteiger charge is 2.37. The molecule has 5 rings (SSSR count). The van der Waals surface area contributed by atoms with E-state index in [0.29, 0.717) is 11.8 Å². The number of halogens is 8. The topological polar surface area (TPSA) is 136 Å². The molecular formula is C28H26F8N10O2. The van der Waals surface area contributed by atoms with Crippen molar-refractivity contribution in [3.05, 3.63) is 65.1 Å². The van der Waals surface area contributed by atoms with Crippen LogP contribution in [0.15, 0.2) is 54.0 Å². The van der Waals surface area contributed by atoms with Crippen molar-refractivity contribution in [2.75, 3.05) is 16.8 Å². The van der Waals surface area contributed by atoms with Gasteiger partial charge in [0.1, 0.15) is 23.5 Å². The standard InChI is InChI=1S/C28H26F8N10O2/c1-44-8-6-15(10-22(44)47)20-12-38-21(13-37-20)46(26(48)40-14-27(31,32)33)17-4-2-16(3-5-17)41-25-39-11-18(28(34,35)36)23(42-25)19-7-9-45(43-19)24(29)30/h6-13,16-17,24H,2-5,14H2,1H3,(H,40,48)(H,39,41,42). The zero-order chi connectivity index (χ0) is 34.8. The Morgan fingerprint density at radius 3 is 2.29 bits per heavy atom. The molecule has 4 heterocycles. The first-order chi connectivity index (χ1) is 22.6. The number of anilines is 2. The van der Waals surface area contributed by atoms with Gasteiger partial charge in [0.2, 0.25) is 5.95 Å². The summed E-state index contributed by atoms with van der Waals surface area (Å²) in [6.07, 6.45) is -3.24. The monoisotopic (exact) mass is 686 g/mol. The van der Waals surface area contributed by atoms with Crippen LogP contribution in [0.4, 0.5) is 51.7 Å². The largest absolute Gasteiger partial charge is 0.420 e. The molecule has 1 saturated carbocycles. The highest BCUT2D eigenvalue weighted by Crippen LogP contribution is 2.36. The summed E-state index contributed by atoms with van der Waals surface area (Å²) >= 11 is 0. The molecule has 0 bridgehead atoms. The number of nitrogens with one attached hydrogen (secondary N) is 2. The average Bonchev–Trinajstić information content (AvgIpc) is 3.53. The van der Waals surface area contributed by atoms with Crippen LogP contribution in [-0.2, 0) is 13.2 Å². The summed E-state index contributed by atoms with van der Waals surface area (Å²) in [7, 11) is 1.56. The molecule has 4 aromatic rings. The van der Waals surface area contributed by atoms with Crippen molar-refractivity contribution in [3.8, 4) is 22.6 Å². The lowest BCUT2D eigenvalue weighted by Crippen LogP contribution is -2.50. The van der Waals surface area contributed by atoms with E-state index in [1.807, 2.05) is 5.32 Å². The second-order valence-corrected chi connectivity index (χ2v) is 10.8. The molecule has 1 aliphatic carbocycles. The Morgan fingerprint density at radius 1 is 0.979 bits per heavy atom. The quantitative estimate of drug-likeness (QED) is 0.235. The number of aryl methyl sites for hydroxylation is 1. The third-order valence-corrected chi connectivity index (χ3v) is 7.48. The average molecular weight is 687 g/mol. The second-order valence-electron chi connectivity index (χ2n) is 10.8. The van der Waals surface area contributed by atoms with Gasteiger partial charge in [0.05, 0.1) is 18.1 Å². The number of amides is 2. The van der Waals surface area contributed by atoms with Crippen molar-refractivity contribution in [3.63, 3.8) is 0 Å². The Morgan fingerprint density at radius 2 is 1.71 bits per heavy atom. The van der Waals surface area contributed by atoms with Crippen molar-refractivity contribution in [2.45, 2.75) is 56.7 Å². The first-order valence-corrected chi connectivity index (χ1v) is 14.3. The van der Waals surface area contributed by atoms with Crippen LogP contribution in [0.2, 0.25) is 0 Å². The van der Waals surface area contributed by atoms with Crippen molar-refractivity contribution in [1.82, 2.24) is 39.6 Å². The Labute approximate surface area is 265 Å². The van der Waals surface area contributed by atoms with Crippen LogP contribution in [0.3, 0.4) is 0 Å². The van der Waals surface area contributed by atoms with E-state index in [1.54, 1.807) is 13.1 Å². The third-order valence-electron chi connectivity index (χ3n) is 7.48. The number of rotatable bonds is 8. The van der Waals surface area contributed by atoms with Gasteiger partial charge in [-0.05, 0) is 37.8 Å². The van der Waals surface area contributed by atoms with Gasteiger partial charge in [-0.1, -0.05) is 0 Å². The molecule has 0 radical (unpaired) electrons. The number of hydrogen-bond acceptors (Lipinski definition) is 8. The summed E-state index contributed by atoms with van der Waals surface area (Å²) in [5, 5.41) is 8.24. The van der Waals surface area contributed by atoms with E-state index in [4.69, 9.17) is 0 Å². The molecule has 2 amide bonds. The Bertz CT molecular complexity index is 1800. The van der Waals surface area contributed by atoms with Crippen molar-refractivity contribution in [1.29, 1.82) is 0 Å². The number of hydrogen-bond donors (Lipinski definition) is 2. The molecule has 0 aromatic carbocycles. The maximum Gasteiger partial charge on any atom is 0.420 e. The van der Waals surface area contributed by atoms with E-state index >= 15 is 0 Å². The highest BCUT2D eigenvalue weighted by atomic mass is 19.4. The molecule has 4 aromatic heterocycles. The van der Waals surface area contributed by atoms with Gasteiger partial charge >= 0.3 is 24.9 Å². The van der Waals surface area contributed by atoms with Gasteiger partial charge < -0.3 is 15.2 Å². The first kappa shape index (κ1) is 34.2. The van der Waals surface area contributed by atoms with Crippen molar-refractivity contribution >= 4 is 17.8 Å². The second kappa shape index (κ2) is 13.5. The van der Waals surface area contributed by atoms with Crippen molar-refractivity contribution in [2.24, 2.45) is 7.05 Å². The Kier molecular flexibility index (Phi) is 9.62. The summed E-state index contributed by atoms with van der Waals surface area (Å²) in [5.41, 5.74) is -2.02. The van der Waals surface area contributed by atoms with E-state index in [1.165, 1.54) is 29.2 Å². The van der Waals surface area contributed by atoms with Crippen LogP contribution in [0.1, 0.15) is 37.8 Å². The number of urea groups is 1. The van der Waals surface area contributed by atoms with Crippen molar-refractivity contribution < 1.29 is 39.9 Å². The zero-order valence-corrected chi connectivity index (χ0v) is 24.8. The number of pyridine rings is 1. The maximum atomic E-state index is 13.7. The van der Waals surface area contributed by atoms with Gasteiger partial charge in [0, 0.05) is 49.4 Å². The molecule has 256 valence electrons. The SMILES string of the molecule is Cn1ccc(-c2cnc(N(C(=O)NCC(F)(F)F)C3CCC(Nc4ncc(C(F)(F)F)c(-c5ccn(C(F)F)n5)n4)CC3)cn2)cc1=O. The van der Waals surface area contributed by atoms with Gasteiger partial charge in [-0.2, -0.15) is 40.2 Å². The van der Waals surface area contributed by atoms with E-state index < -0.39 is 60.5 Å². The molecule has 0 spiro atoms. The van der Waals surface area contributed by atoms with E-state index in [-0.39, 0.29) is 53.4 Å². The summed E-state index contributed by atoms with van der Waals surface area (Å²) in [5.74, 6) is -0.275. The fraction of sp³-hybridized carbons (Fsp3) is 0.393. The minimum Gasteiger partial charge on any atom is -0.351 e. The number of carbonyl (C=O) groups is 1. The van der Waals surface area contributed by atoms with Crippen LogP contribution in [0, 0.1) is 0 Å². The smallest absolute Gasteiger partial charge is 0.351 e. The fourth-order valence-corrected chi connectivity index (χ4v) is 5.11. The van der Waals surface area contributed by atoms with E-state index in [0.717, 1.165) is 17.2 Å². The number of carbonyl (C=O) groups excluding carboxylic acids is 1. The van der Waals surface area contributed by atoms with Gasteiger partial charge in [-0.3, -0.25) is 14.7 Å². The lowest BCUT2D eigenvalue weighted by molar-refractivity contribution is -0.137. The molecule has 20 heteroatoms. The van der Waals surface area contributed by atoms with Gasteiger partial charge in [0.15, 0.2) is 5.82 Å². The molecule has 1 aliphatic rings. The summed E-state index contributed by atoms with van der Waals surface area (Å²) < 4.78 is 107. The lowest BCUT2D eigenvalue weighted by atomic mass is 9.90. The molecule has 0 atom stereocenters. The van der Waals surface area contributed by atoms with Crippen LogP contribution < -0.4 is 21.1 Å². The maximum absolute atomic E-state index is 13.7. The van der Waals surface area contributed by atoms with Crippen LogP contribution in [-0.4, -0.2) is 65.1 Å². The summed E-state index contributed by atoms with van der Waals surface area (Å²) in [4.78, 5) is 42.3. The van der Waals surface area contributed by atoms with Crippen LogP contribution in [0.25, 0.3) is 22.6 Å². The molecule has 12 nitrogen and oxygen atoms in total. The molecule has 48 heavy (non-hydrogen) atoms. The molecule has 2 N–H and O–H groups in total. The zero-order valence-electron chi connectivity index (χ0n) is 24.8. The molecule has 0 unspecified atom stereocenters. The highest BCUT2D eigenvalue weighted by molar-refractivity contribution is 5.91. The lowest BCUT2D eigenvalue weighted by Gasteiger charge is -2.36. The van der Waals surface area contributed by atoms with Gasteiger partial charge in [0.25, 0.3) is 5.56 Å². The molecule has 0 aliphatic heterocycles.